The van der Waals surface area contributed by atoms with E-state index >= 15 is 4.39 Å². The van der Waals surface area contributed by atoms with E-state index in [1.54, 1.807) is 19.2 Å². The highest BCUT2D eigenvalue weighted by molar-refractivity contribution is 6.27. The predicted molar refractivity (Wildman–Crippen MR) is 140 cm³/mol. The van der Waals surface area contributed by atoms with Gasteiger partial charge in [0.1, 0.15) is 17.8 Å². The Morgan fingerprint density at radius 2 is 1.95 bits per heavy atom. The minimum atomic E-state index is -0.609. The van der Waals surface area contributed by atoms with Gasteiger partial charge in [-0.15, -0.1) is 11.6 Å². The summed E-state index contributed by atoms with van der Waals surface area (Å²) in [5, 5.41) is 6.76. The number of carbonyl (C=O) groups excluding carboxylic acids is 3. The average Bonchev–Trinajstić information content (AvgIpc) is 3.29. The highest BCUT2D eigenvalue weighted by atomic mass is 35.5. The third kappa shape index (κ3) is 7.96. The number of likely N-dealkylation sites (N-methyl/N-ethyl adjacent to an activating group) is 1. The molecule has 1 atom stereocenters. The lowest BCUT2D eigenvalue weighted by Crippen LogP contribution is -2.47. The first-order valence-corrected chi connectivity index (χ1v) is 12.5. The highest BCUT2D eigenvalue weighted by Gasteiger charge is 2.33. The van der Waals surface area contributed by atoms with Crippen molar-refractivity contribution in [3.63, 3.8) is 0 Å². The number of halogens is 2. The van der Waals surface area contributed by atoms with Crippen LogP contribution in [0.4, 0.5) is 25.4 Å². The van der Waals surface area contributed by atoms with Crippen molar-refractivity contribution in [2.75, 3.05) is 55.5 Å². The highest BCUT2D eigenvalue weighted by Crippen LogP contribution is 2.27. The van der Waals surface area contributed by atoms with Gasteiger partial charge in [0.2, 0.25) is 5.91 Å². The van der Waals surface area contributed by atoms with Gasteiger partial charge in [0.25, 0.3) is 0 Å². The fraction of sp³-hybridized carbons (Fsp3) is 0.400. The van der Waals surface area contributed by atoms with Crippen molar-refractivity contribution in [2.45, 2.75) is 19.6 Å². The molecule has 1 saturated heterocycles. The van der Waals surface area contributed by atoms with E-state index in [0.29, 0.717) is 37.6 Å². The quantitative estimate of drug-likeness (QED) is 0.285. The van der Waals surface area contributed by atoms with Crippen molar-refractivity contribution in [2.24, 2.45) is 0 Å². The number of nitrogens with zero attached hydrogens (tertiary/aromatic N) is 3. The number of ether oxygens (including phenoxy) is 1. The average molecular weight is 535 g/mol. The van der Waals surface area contributed by atoms with Crippen molar-refractivity contribution < 1.29 is 23.5 Å². The Hall–Kier alpha value is -3.57. The second kappa shape index (κ2) is 13.7. The predicted octanol–water partition coefficient (Wildman–Crippen LogP) is 2.68. The molecule has 0 aliphatic carbocycles. The van der Waals surface area contributed by atoms with E-state index in [0.717, 1.165) is 5.56 Å². The van der Waals surface area contributed by atoms with Crippen molar-refractivity contribution >= 4 is 41.0 Å². The summed E-state index contributed by atoms with van der Waals surface area (Å²) >= 11 is 5.46. The number of anilines is 2. The zero-order valence-corrected chi connectivity index (χ0v) is 21.6. The van der Waals surface area contributed by atoms with Crippen molar-refractivity contribution in [3.05, 3.63) is 59.9 Å². The summed E-state index contributed by atoms with van der Waals surface area (Å²) in [5.74, 6) is -1.03. The molecule has 3 rings (SSSR count). The summed E-state index contributed by atoms with van der Waals surface area (Å²) in [6.45, 7) is 4.01. The van der Waals surface area contributed by atoms with Crippen molar-refractivity contribution in [1.82, 2.24) is 21.1 Å². The van der Waals surface area contributed by atoms with Crippen LogP contribution in [0, 0.1) is 5.82 Å². The van der Waals surface area contributed by atoms with Gasteiger partial charge in [-0.1, -0.05) is 30.3 Å². The number of hydrogen-bond acceptors (Lipinski definition) is 6. The van der Waals surface area contributed by atoms with E-state index in [2.05, 4.69) is 16.1 Å². The zero-order valence-electron chi connectivity index (χ0n) is 20.9. The molecule has 4 amide bonds. The van der Waals surface area contributed by atoms with Gasteiger partial charge in [0, 0.05) is 33.2 Å². The molecule has 37 heavy (non-hydrogen) atoms. The Bertz CT molecular complexity index is 1080. The van der Waals surface area contributed by atoms with E-state index in [1.807, 2.05) is 42.2 Å². The number of cyclic esters (lactones) is 1. The Kier molecular flexibility index (Phi) is 10.3. The van der Waals surface area contributed by atoms with Gasteiger partial charge < -0.3 is 20.3 Å². The van der Waals surface area contributed by atoms with E-state index < -0.39 is 18.0 Å². The summed E-state index contributed by atoms with van der Waals surface area (Å²) in [5.41, 5.74) is 4.75. The SMILES string of the molecule is CCN(CCNN(C)C(=O)NCc1ccccc1)c1ccc(N2C[C@H](CNC(=O)CCl)OC2=O)cc1F. The number of alkyl halides is 1. The molecule has 2 aromatic rings. The molecule has 12 heteroatoms. The van der Waals surface area contributed by atoms with E-state index in [9.17, 15) is 14.4 Å². The lowest BCUT2D eigenvalue weighted by atomic mass is 10.2. The number of rotatable bonds is 12. The second-order valence-corrected chi connectivity index (χ2v) is 8.65. The molecule has 1 heterocycles. The molecule has 1 aliphatic rings. The van der Waals surface area contributed by atoms with Crippen LogP contribution >= 0.6 is 11.6 Å². The van der Waals surface area contributed by atoms with Crippen LogP contribution in [-0.2, 0) is 16.1 Å². The smallest absolute Gasteiger partial charge is 0.414 e. The monoisotopic (exact) mass is 534 g/mol. The third-order valence-electron chi connectivity index (χ3n) is 5.81. The first-order valence-electron chi connectivity index (χ1n) is 12.0. The fourth-order valence-electron chi connectivity index (χ4n) is 3.80. The molecule has 1 aliphatic heterocycles. The Labute approximate surface area is 220 Å². The van der Waals surface area contributed by atoms with E-state index in [4.69, 9.17) is 16.3 Å². The first-order chi connectivity index (χ1) is 17.8. The van der Waals surface area contributed by atoms with Crippen LogP contribution in [0.3, 0.4) is 0 Å². The van der Waals surface area contributed by atoms with Gasteiger partial charge in [-0.2, -0.15) is 0 Å². The number of amides is 4. The van der Waals surface area contributed by atoms with Gasteiger partial charge in [-0.3, -0.25) is 14.7 Å². The fourth-order valence-corrected chi connectivity index (χ4v) is 3.89. The maximum atomic E-state index is 15.1. The Balaban J connectivity index is 1.50. The Morgan fingerprint density at radius 1 is 1.19 bits per heavy atom. The normalized spacial score (nSPS) is 14.8. The van der Waals surface area contributed by atoms with Gasteiger partial charge in [0.05, 0.1) is 24.5 Å². The number of hydrogen-bond donors (Lipinski definition) is 3. The molecule has 1 fully saturated rings. The minimum absolute atomic E-state index is 0.129. The second-order valence-electron chi connectivity index (χ2n) is 8.38. The summed E-state index contributed by atoms with van der Waals surface area (Å²) in [4.78, 5) is 39.0. The molecule has 0 aromatic heterocycles. The lowest BCUT2D eigenvalue weighted by Gasteiger charge is -2.26. The lowest BCUT2D eigenvalue weighted by molar-refractivity contribution is -0.119. The van der Waals surface area contributed by atoms with Gasteiger partial charge in [-0.25, -0.2) is 19.4 Å². The van der Waals surface area contributed by atoms with Crippen LogP contribution in [0.5, 0.6) is 0 Å². The topological polar surface area (TPSA) is 106 Å². The molecule has 0 saturated carbocycles. The molecular weight excluding hydrogens is 503 g/mol. The molecule has 3 N–H and O–H groups in total. The molecular formula is C25H32ClFN6O4. The molecule has 10 nitrogen and oxygen atoms in total. The van der Waals surface area contributed by atoms with Crippen LogP contribution in [0.1, 0.15) is 12.5 Å². The van der Waals surface area contributed by atoms with Crippen LogP contribution in [-0.4, -0.2) is 74.8 Å². The summed E-state index contributed by atoms with van der Waals surface area (Å²) < 4.78 is 20.3. The number of nitrogens with one attached hydrogen (secondary N) is 3. The van der Waals surface area contributed by atoms with E-state index in [1.165, 1.54) is 16.0 Å². The number of hydrazine groups is 1. The zero-order chi connectivity index (χ0) is 26.8. The van der Waals surface area contributed by atoms with Gasteiger partial charge >= 0.3 is 12.1 Å². The molecule has 0 unspecified atom stereocenters. The molecule has 200 valence electrons. The molecule has 0 radical (unpaired) electrons. The van der Waals surface area contributed by atoms with Gasteiger partial charge in [-0.05, 0) is 30.7 Å². The standard InChI is InChI=1S/C25H32ClFN6O4/c1-3-32(12-11-30-31(2)24(35)29-15-18-7-5-4-6-8-18)22-10-9-19(13-21(22)27)33-17-20(37-25(33)36)16-28-23(34)14-26/h4-10,13,20,30H,3,11-12,14-17H2,1-2H3,(H,28,34)(H,29,35)/t20-/m0/s1. The number of carbonyl (C=O) groups is 3. The van der Waals surface area contributed by atoms with Gasteiger partial charge in [0.15, 0.2) is 0 Å². The number of benzene rings is 2. The minimum Gasteiger partial charge on any atom is -0.442 e. The van der Waals surface area contributed by atoms with Crippen molar-refractivity contribution in [1.29, 1.82) is 0 Å². The maximum absolute atomic E-state index is 15.1. The summed E-state index contributed by atoms with van der Waals surface area (Å²) in [6.07, 6.45) is -1.16. The van der Waals surface area contributed by atoms with Crippen LogP contribution < -0.4 is 25.9 Å². The summed E-state index contributed by atoms with van der Waals surface area (Å²) in [7, 11) is 1.62. The number of urea groups is 1. The van der Waals surface area contributed by atoms with Crippen LogP contribution in [0.2, 0.25) is 0 Å². The Morgan fingerprint density at radius 3 is 2.62 bits per heavy atom. The summed E-state index contributed by atoms with van der Waals surface area (Å²) in [6, 6.07) is 13.9. The van der Waals surface area contributed by atoms with E-state index in [-0.39, 0.29) is 30.9 Å². The maximum Gasteiger partial charge on any atom is 0.414 e. The largest absolute Gasteiger partial charge is 0.442 e. The molecule has 0 spiro atoms. The molecule has 0 bridgehead atoms. The van der Waals surface area contributed by atoms with Crippen LogP contribution in [0.25, 0.3) is 0 Å². The molecule has 2 aromatic carbocycles. The van der Waals surface area contributed by atoms with Crippen molar-refractivity contribution in [3.8, 4) is 0 Å². The van der Waals surface area contributed by atoms with Crippen LogP contribution in [0.15, 0.2) is 48.5 Å². The first kappa shape index (κ1) is 28.0. The third-order valence-corrected chi connectivity index (χ3v) is 6.05.